The molecule has 3 aromatic carbocycles. The van der Waals surface area contributed by atoms with E-state index in [0.717, 1.165) is 0 Å². The van der Waals surface area contributed by atoms with Gasteiger partial charge in [-0.1, -0.05) is 30.3 Å². The smallest absolute Gasteiger partial charge is 0.414 e. The molecule has 0 spiro atoms. The lowest BCUT2D eigenvalue weighted by atomic mass is 9.98. The van der Waals surface area contributed by atoms with Crippen LogP contribution in [0.2, 0.25) is 0 Å². The van der Waals surface area contributed by atoms with E-state index in [-0.39, 0.29) is 27.1 Å². The van der Waals surface area contributed by atoms with Crippen LogP contribution in [0.4, 0.5) is 28.3 Å². The number of aromatic nitrogens is 4. The predicted molar refractivity (Wildman–Crippen MR) is 128 cm³/mol. The zero-order chi connectivity index (χ0) is 26.3. The zero-order valence-electron chi connectivity index (χ0n) is 18.8. The van der Waals surface area contributed by atoms with E-state index in [4.69, 9.17) is 0 Å². The van der Waals surface area contributed by atoms with E-state index in [0.29, 0.717) is 34.0 Å². The molecule has 0 aliphatic heterocycles. The van der Waals surface area contributed by atoms with Gasteiger partial charge in [0, 0.05) is 17.4 Å². The molecule has 1 amide bonds. The number of H-pyrrole nitrogens is 2. The molecular formula is C25H17F4N5O3. The van der Waals surface area contributed by atoms with Crippen LogP contribution >= 0.6 is 0 Å². The molecule has 0 saturated carbocycles. The number of hydrogen-bond donors (Lipinski definition) is 3. The molecule has 5 aromatic rings. The van der Waals surface area contributed by atoms with Crippen LogP contribution in [-0.2, 0) is 6.42 Å². The second-order valence-corrected chi connectivity index (χ2v) is 8.31. The summed E-state index contributed by atoms with van der Waals surface area (Å²) in [5.41, 5.74) is 2.03. The molecule has 0 aliphatic carbocycles. The summed E-state index contributed by atoms with van der Waals surface area (Å²) in [6.45, 7) is -1.74. The van der Waals surface area contributed by atoms with Crippen molar-refractivity contribution in [2.45, 2.75) is 12.6 Å². The van der Waals surface area contributed by atoms with Gasteiger partial charge in [0.25, 0.3) is 5.56 Å². The van der Waals surface area contributed by atoms with Gasteiger partial charge in [-0.3, -0.25) is 4.79 Å². The molecule has 0 fully saturated rings. The van der Waals surface area contributed by atoms with Crippen molar-refractivity contribution in [1.29, 1.82) is 0 Å². The maximum absolute atomic E-state index is 14.8. The Morgan fingerprint density at radius 1 is 1.03 bits per heavy atom. The molecule has 8 nitrogen and oxygen atoms in total. The van der Waals surface area contributed by atoms with E-state index in [1.54, 1.807) is 42.5 Å². The third-order valence-electron chi connectivity index (χ3n) is 5.78. The summed E-state index contributed by atoms with van der Waals surface area (Å²) < 4.78 is 53.3. The number of anilines is 1. The predicted octanol–water partition coefficient (Wildman–Crippen LogP) is 5.24. The highest BCUT2D eigenvalue weighted by atomic mass is 19.4. The summed E-state index contributed by atoms with van der Waals surface area (Å²) >= 11 is 0. The van der Waals surface area contributed by atoms with Gasteiger partial charge in [-0.2, -0.15) is 18.3 Å². The van der Waals surface area contributed by atoms with Crippen molar-refractivity contribution < 1.29 is 27.5 Å². The Morgan fingerprint density at radius 2 is 1.78 bits per heavy atom. The highest BCUT2D eigenvalue weighted by molar-refractivity contribution is 5.89. The van der Waals surface area contributed by atoms with Crippen molar-refractivity contribution in [3.8, 4) is 11.1 Å². The van der Waals surface area contributed by atoms with E-state index in [1.807, 2.05) is 0 Å². The Hall–Kier alpha value is -4.74. The lowest BCUT2D eigenvalue weighted by Gasteiger charge is -2.17. The minimum atomic E-state index is -4.77. The fraction of sp³-hybridized carbons (Fsp3) is 0.120. The van der Waals surface area contributed by atoms with Crippen LogP contribution in [0.3, 0.4) is 0 Å². The molecule has 188 valence electrons. The second kappa shape index (κ2) is 9.04. The Morgan fingerprint density at radius 3 is 2.51 bits per heavy atom. The number of hydrogen-bond acceptors (Lipinski definition) is 4. The fourth-order valence-corrected chi connectivity index (χ4v) is 4.10. The van der Waals surface area contributed by atoms with E-state index < -0.39 is 30.6 Å². The van der Waals surface area contributed by atoms with Gasteiger partial charge in [-0.15, -0.1) is 0 Å². The van der Waals surface area contributed by atoms with Crippen molar-refractivity contribution in [1.82, 2.24) is 20.2 Å². The maximum atomic E-state index is 14.8. The van der Waals surface area contributed by atoms with Crippen LogP contribution in [0, 0.1) is 5.82 Å². The summed E-state index contributed by atoms with van der Waals surface area (Å²) in [5.74, 6) is -1.04. The SMILES string of the molecule is O=C(O)N(CC(F)(F)F)c1nc2cc(-c3cc(Cc4n[nH]c(=O)c5ccccc45)ccc3F)ccc2[nH]1. The van der Waals surface area contributed by atoms with Crippen molar-refractivity contribution in [2.75, 3.05) is 11.4 Å². The average molecular weight is 511 g/mol. The van der Waals surface area contributed by atoms with Crippen molar-refractivity contribution in [3.05, 3.63) is 88.1 Å². The summed E-state index contributed by atoms with van der Waals surface area (Å²) in [6, 6.07) is 16.0. The van der Waals surface area contributed by atoms with Gasteiger partial charge < -0.3 is 10.1 Å². The van der Waals surface area contributed by atoms with Crippen LogP contribution in [-0.4, -0.2) is 44.1 Å². The minimum Gasteiger partial charge on any atom is -0.465 e. The molecule has 2 aromatic heterocycles. The number of rotatable bonds is 5. The quantitative estimate of drug-likeness (QED) is 0.279. The Balaban J connectivity index is 1.50. The van der Waals surface area contributed by atoms with Crippen LogP contribution in [0.5, 0.6) is 0 Å². The van der Waals surface area contributed by atoms with Gasteiger partial charge in [-0.05, 0) is 41.5 Å². The van der Waals surface area contributed by atoms with Gasteiger partial charge >= 0.3 is 12.3 Å². The van der Waals surface area contributed by atoms with Crippen molar-refractivity contribution in [3.63, 3.8) is 0 Å². The van der Waals surface area contributed by atoms with E-state index in [2.05, 4.69) is 20.2 Å². The molecule has 0 bridgehead atoms. The second-order valence-electron chi connectivity index (χ2n) is 8.31. The van der Waals surface area contributed by atoms with Gasteiger partial charge in [0.15, 0.2) is 0 Å². The molecular weight excluding hydrogens is 494 g/mol. The topological polar surface area (TPSA) is 115 Å². The van der Waals surface area contributed by atoms with Gasteiger partial charge in [0.1, 0.15) is 12.4 Å². The maximum Gasteiger partial charge on any atom is 0.414 e. The van der Waals surface area contributed by atoms with Crippen LogP contribution < -0.4 is 10.5 Å². The van der Waals surface area contributed by atoms with E-state index >= 15 is 0 Å². The number of amides is 1. The molecule has 0 unspecified atom stereocenters. The molecule has 0 saturated heterocycles. The van der Waals surface area contributed by atoms with E-state index in [9.17, 15) is 32.3 Å². The third kappa shape index (κ3) is 4.85. The lowest BCUT2D eigenvalue weighted by molar-refractivity contribution is -0.119. The number of aromatic amines is 2. The number of imidazole rings is 1. The normalized spacial score (nSPS) is 11.8. The first-order chi connectivity index (χ1) is 17.6. The first-order valence-electron chi connectivity index (χ1n) is 10.9. The first-order valence-corrected chi connectivity index (χ1v) is 10.9. The molecule has 2 heterocycles. The Kier molecular flexibility index (Phi) is 5.86. The van der Waals surface area contributed by atoms with Crippen LogP contribution in [0.15, 0.2) is 65.5 Å². The fourth-order valence-electron chi connectivity index (χ4n) is 4.10. The first kappa shape index (κ1) is 24.0. The molecule has 0 radical (unpaired) electrons. The molecule has 37 heavy (non-hydrogen) atoms. The summed E-state index contributed by atoms with van der Waals surface area (Å²) in [7, 11) is 0. The molecule has 5 rings (SSSR count). The summed E-state index contributed by atoms with van der Waals surface area (Å²) in [4.78, 5) is 30.0. The Bertz CT molecular complexity index is 1710. The molecule has 0 atom stereocenters. The monoisotopic (exact) mass is 511 g/mol. The van der Waals surface area contributed by atoms with Crippen molar-refractivity contribution in [2.24, 2.45) is 0 Å². The largest absolute Gasteiger partial charge is 0.465 e. The average Bonchev–Trinajstić information content (AvgIpc) is 3.28. The molecule has 3 N–H and O–H groups in total. The minimum absolute atomic E-state index is 0.0579. The van der Waals surface area contributed by atoms with Gasteiger partial charge in [-0.25, -0.2) is 24.2 Å². The number of alkyl halides is 3. The highest BCUT2D eigenvalue weighted by Gasteiger charge is 2.35. The van der Waals surface area contributed by atoms with Gasteiger partial charge in [0.05, 0.1) is 22.1 Å². The number of carbonyl (C=O) groups is 1. The number of nitrogens with one attached hydrogen (secondary N) is 2. The van der Waals surface area contributed by atoms with Gasteiger partial charge in [0.2, 0.25) is 5.95 Å². The number of carboxylic acid groups (broad SMARTS) is 1. The lowest BCUT2D eigenvalue weighted by Crippen LogP contribution is -2.38. The number of halogens is 4. The van der Waals surface area contributed by atoms with E-state index in [1.165, 1.54) is 18.2 Å². The molecule has 12 heteroatoms. The van der Waals surface area contributed by atoms with Crippen LogP contribution in [0.25, 0.3) is 32.9 Å². The summed E-state index contributed by atoms with van der Waals surface area (Å²) in [5, 5.41) is 17.0. The molecule has 0 aliphatic rings. The Labute approximate surface area is 205 Å². The van der Waals surface area contributed by atoms with Crippen LogP contribution in [0.1, 0.15) is 11.3 Å². The third-order valence-corrected chi connectivity index (χ3v) is 5.78. The zero-order valence-corrected chi connectivity index (χ0v) is 18.8. The highest BCUT2D eigenvalue weighted by Crippen LogP contribution is 2.30. The number of benzene rings is 3. The number of fused-ring (bicyclic) bond motifs is 2. The summed E-state index contributed by atoms with van der Waals surface area (Å²) in [6.07, 6.45) is -6.29. The van der Waals surface area contributed by atoms with Crippen molar-refractivity contribution >= 4 is 33.8 Å². The number of nitrogens with zero attached hydrogens (tertiary/aromatic N) is 3. The standard InChI is InChI=1S/C25H17F4N5O3/c26-18-7-5-13(10-20-15-3-1-2-4-16(15)22(35)33-32-20)9-17(18)14-6-8-19-21(11-14)31-23(30-19)34(24(36)37)12-25(27,28)29/h1-9,11H,10,12H2,(H,30,31)(H,33,35)(H,36,37).